The summed E-state index contributed by atoms with van der Waals surface area (Å²) in [4.78, 5) is 117. The topological polar surface area (TPSA) is 263 Å². The predicted octanol–water partition coefficient (Wildman–Crippen LogP) is 10.6. The van der Waals surface area contributed by atoms with Gasteiger partial charge in [-0.1, -0.05) is 155 Å². The first-order valence-electron chi connectivity index (χ1n) is 31.7. The molecule has 0 aromatic rings. The van der Waals surface area contributed by atoms with Crippen molar-refractivity contribution in [3.63, 3.8) is 0 Å². The number of esters is 2. The number of hydrogen-bond acceptors (Lipinski definition) is 14. The van der Waals surface area contributed by atoms with Gasteiger partial charge in [-0.05, 0) is 96.8 Å². The van der Waals surface area contributed by atoms with Gasteiger partial charge in [0.15, 0.2) is 6.10 Å². The Morgan fingerprint density at radius 3 is 1.67 bits per heavy atom. The molecule has 83 heavy (non-hydrogen) atoms. The van der Waals surface area contributed by atoms with E-state index in [1.165, 1.54) is 103 Å². The molecule has 0 aromatic carbocycles. The first-order chi connectivity index (χ1) is 39.9. The molecule has 4 N–H and O–H groups in total. The van der Waals surface area contributed by atoms with Gasteiger partial charge in [-0.25, -0.2) is 4.57 Å². The van der Waals surface area contributed by atoms with Crippen molar-refractivity contribution < 1.29 is 71.1 Å². The smallest absolute Gasteiger partial charge is 0.462 e. The molecule has 2 aliphatic rings. The van der Waals surface area contributed by atoms with Crippen molar-refractivity contribution in [3.05, 3.63) is 24.3 Å². The Balaban J connectivity index is 1.86. The van der Waals surface area contributed by atoms with Gasteiger partial charge in [-0.2, -0.15) is 0 Å². The van der Waals surface area contributed by atoms with E-state index in [0.717, 1.165) is 81.9 Å². The van der Waals surface area contributed by atoms with Gasteiger partial charge in [0.05, 0.1) is 19.6 Å². The first kappa shape index (κ1) is 74.6. The fraction of sp³-hybridized carbons (Fsp3) is 0.806. The molecular weight excluding hydrogens is 1090 g/mol. The second kappa shape index (κ2) is 44.9. The molecule has 0 aliphatic carbocycles. The van der Waals surface area contributed by atoms with Crippen molar-refractivity contribution in [1.82, 2.24) is 25.8 Å². The third kappa shape index (κ3) is 32.6. The third-order valence-electron chi connectivity index (χ3n) is 15.1. The highest BCUT2D eigenvalue weighted by Gasteiger charge is 2.44. The van der Waals surface area contributed by atoms with Crippen LogP contribution in [0, 0.1) is 5.92 Å². The van der Waals surface area contributed by atoms with E-state index < -0.39 is 111 Å². The van der Waals surface area contributed by atoms with E-state index in [2.05, 4.69) is 54.1 Å². The zero-order valence-electron chi connectivity index (χ0n) is 51.8. The number of unbranched alkanes of at least 4 members (excludes halogenated alkanes) is 22. The number of hydrogen-bond donors (Lipinski definition) is 4. The normalized spacial score (nSPS) is 17.7. The Hall–Kier alpha value is -4.49. The summed E-state index contributed by atoms with van der Waals surface area (Å²) >= 11 is 0. The molecule has 20 nitrogen and oxygen atoms in total. The lowest BCUT2D eigenvalue weighted by Gasteiger charge is -2.30. The molecule has 7 atom stereocenters. The highest BCUT2D eigenvalue weighted by molar-refractivity contribution is 7.47. The maximum atomic E-state index is 13.7. The Bertz CT molecular complexity index is 2020. The van der Waals surface area contributed by atoms with E-state index in [0.29, 0.717) is 19.3 Å². The maximum absolute atomic E-state index is 13.7. The molecule has 0 spiro atoms. The van der Waals surface area contributed by atoms with Crippen molar-refractivity contribution >= 4 is 55.2 Å². The number of carbonyl (C=O) groups is 8. The molecule has 6 amide bonds. The minimum atomic E-state index is -4.79. The fourth-order valence-corrected chi connectivity index (χ4v) is 10.8. The Kier molecular flexibility index (Phi) is 40.4. The zero-order valence-corrected chi connectivity index (χ0v) is 52.7. The largest absolute Gasteiger partial charge is 0.472 e. The van der Waals surface area contributed by atoms with Crippen LogP contribution in [0.3, 0.4) is 0 Å². The summed E-state index contributed by atoms with van der Waals surface area (Å²) in [6, 6.07) is -4.38. The molecule has 2 aliphatic heterocycles. The number of imide groups is 1. The average Bonchev–Trinajstić information content (AvgIpc) is 4.30. The van der Waals surface area contributed by atoms with Crippen molar-refractivity contribution in [1.29, 1.82) is 0 Å². The lowest BCUT2D eigenvalue weighted by atomic mass is 10.0. The van der Waals surface area contributed by atoms with Crippen molar-refractivity contribution in [2.45, 2.75) is 277 Å². The molecule has 2 unspecified atom stereocenters. The van der Waals surface area contributed by atoms with Gasteiger partial charge in [0.1, 0.15) is 36.9 Å². The number of phosphoric acid groups is 1. The SMILES string of the molecule is CCCCCCCC/C=C\CCCCCCCC(=O)OC[C@@H](COP(=O)(O)OCCNC(=O)[C@@H](NC(=O)[C@@H]1CCCN1C(=O)[C@H](C)NC(=O)[C@H](C)N1C(=O)CC(OC)C1=O)C(C)C)OC(=O)CCCCCCC/C=C\CCCCCCCC. The Morgan fingerprint density at radius 1 is 0.663 bits per heavy atom. The maximum Gasteiger partial charge on any atom is 0.472 e. The number of nitrogens with one attached hydrogen (secondary N) is 3. The van der Waals surface area contributed by atoms with Crippen LogP contribution in [-0.2, 0) is 66.2 Å². The molecule has 0 bridgehead atoms. The van der Waals surface area contributed by atoms with Gasteiger partial charge in [-0.15, -0.1) is 0 Å². The van der Waals surface area contributed by atoms with Crippen LogP contribution in [0.25, 0.3) is 0 Å². The van der Waals surface area contributed by atoms with Crippen LogP contribution in [0.4, 0.5) is 0 Å². The summed E-state index contributed by atoms with van der Waals surface area (Å²) in [5.74, 6) is -5.23. The van der Waals surface area contributed by atoms with E-state index in [1.807, 2.05) is 0 Å². The Labute approximate surface area is 497 Å². The van der Waals surface area contributed by atoms with E-state index in [4.69, 9.17) is 23.3 Å². The highest BCUT2D eigenvalue weighted by atomic mass is 31.2. The minimum absolute atomic E-state index is 0.114. The summed E-state index contributed by atoms with van der Waals surface area (Å²) in [5, 5.41) is 7.85. The standard InChI is InChI=1S/C62H108N5O15P/c1-8-10-12-14-16-18-20-22-24-26-28-30-32-34-36-40-55(69)79-46-51(82-56(70)41-37-35-33-31-29-27-25-23-21-19-17-15-13-11-9-2)47-81-83(76,77)80-44-42-63-60(73)57(48(3)4)65-59(72)52-39-38-43-66(52)61(74)49(5)64-58(71)50(6)67-54(68)45-53(78-7)62(67)75/h22-25,48-53,57H,8-21,26-47H2,1-7H3,(H,63,73)(H,64,71)(H,65,72)(H,76,77)/b24-22-,25-23-/t49-,50-,51-,52-,53?,57-/m0/s1. The quantitative estimate of drug-likeness (QED) is 0.0145. The molecule has 21 heteroatoms. The van der Waals surface area contributed by atoms with E-state index in [-0.39, 0.29) is 45.4 Å². The van der Waals surface area contributed by atoms with Crippen molar-refractivity contribution in [2.24, 2.45) is 5.92 Å². The minimum Gasteiger partial charge on any atom is -0.462 e. The fourth-order valence-electron chi connectivity index (χ4n) is 10.0. The van der Waals surface area contributed by atoms with E-state index in [1.54, 1.807) is 13.8 Å². The van der Waals surface area contributed by atoms with Crippen LogP contribution in [0.1, 0.15) is 241 Å². The lowest BCUT2D eigenvalue weighted by molar-refractivity contribution is -0.161. The van der Waals surface area contributed by atoms with Gasteiger partial charge in [0.2, 0.25) is 29.5 Å². The second-order valence-corrected chi connectivity index (χ2v) is 24.2. The molecule has 2 rings (SSSR count). The summed E-state index contributed by atoms with van der Waals surface area (Å²) < 4.78 is 39.5. The van der Waals surface area contributed by atoms with Crippen LogP contribution in [0.15, 0.2) is 24.3 Å². The molecule has 0 aromatic heterocycles. The monoisotopic (exact) mass is 1190 g/mol. The van der Waals surface area contributed by atoms with Crippen LogP contribution < -0.4 is 16.0 Å². The zero-order chi connectivity index (χ0) is 61.3. The van der Waals surface area contributed by atoms with E-state index >= 15 is 0 Å². The Morgan fingerprint density at radius 2 is 1.17 bits per heavy atom. The summed E-state index contributed by atoms with van der Waals surface area (Å²) in [7, 11) is -3.50. The number of nitrogens with zero attached hydrogens (tertiary/aromatic N) is 2. The van der Waals surface area contributed by atoms with Gasteiger partial charge >= 0.3 is 19.8 Å². The van der Waals surface area contributed by atoms with Crippen LogP contribution in [-0.4, -0.2) is 138 Å². The molecule has 2 saturated heterocycles. The molecule has 0 saturated carbocycles. The number of allylic oxidation sites excluding steroid dienone is 4. The number of ether oxygens (including phenoxy) is 3. The molecule has 2 fully saturated rings. The molecule has 476 valence electrons. The summed E-state index contributed by atoms with van der Waals surface area (Å²) in [6.45, 7) is 9.13. The summed E-state index contributed by atoms with van der Waals surface area (Å²) in [5.41, 5.74) is 0. The third-order valence-corrected chi connectivity index (χ3v) is 16.1. The number of rotatable bonds is 49. The van der Waals surface area contributed by atoms with Crippen LogP contribution in [0.2, 0.25) is 0 Å². The number of amides is 6. The molecule has 0 radical (unpaired) electrons. The van der Waals surface area contributed by atoms with Crippen LogP contribution in [0.5, 0.6) is 0 Å². The highest BCUT2D eigenvalue weighted by Crippen LogP contribution is 2.43. The number of likely N-dealkylation sites (tertiary alicyclic amines) is 2. The summed E-state index contributed by atoms with van der Waals surface area (Å²) in [6.07, 6.45) is 36.8. The van der Waals surface area contributed by atoms with Crippen molar-refractivity contribution in [2.75, 3.05) is 40.0 Å². The van der Waals surface area contributed by atoms with E-state index in [9.17, 15) is 47.8 Å². The van der Waals surface area contributed by atoms with Gasteiger partial charge < -0.3 is 40.0 Å². The average molecular weight is 1190 g/mol. The van der Waals surface area contributed by atoms with Crippen molar-refractivity contribution in [3.8, 4) is 0 Å². The van der Waals surface area contributed by atoms with Gasteiger partial charge in [0, 0.05) is 33.0 Å². The predicted molar refractivity (Wildman–Crippen MR) is 320 cm³/mol. The molecule has 2 heterocycles. The first-order valence-corrected chi connectivity index (χ1v) is 33.2. The lowest BCUT2D eigenvalue weighted by Crippen LogP contribution is -2.58. The number of methoxy groups -OCH3 is 1. The number of carbonyl (C=O) groups excluding carboxylic acids is 8. The van der Waals surface area contributed by atoms with Gasteiger partial charge in [0.25, 0.3) is 5.91 Å². The van der Waals surface area contributed by atoms with Crippen LogP contribution >= 0.6 is 7.82 Å². The molecular formula is C62H108N5O15P. The van der Waals surface area contributed by atoms with Gasteiger partial charge in [-0.3, -0.25) is 52.3 Å². The number of phosphoric ester groups is 1. The second-order valence-electron chi connectivity index (χ2n) is 22.7.